The van der Waals surface area contributed by atoms with Crippen molar-refractivity contribution < 1.29 is 19.0 Å². The number of esters is 1. The number of nitrogen functional groups attached to an aromatic ring is 1. The number of nitriles is 1. The highest BCUT2D eigenvalue weighted by Gasteiger charge is 2.63. The highest BCUT2D eigenvalue weighted by molar-refractivity contribution is 5.71. The first-order valence-electron chi connectivity index (χ1n) is 9.69. The van der Waals surface area contributed by atoms with E-state index >= 15 is 0 Å². The fourth-order valence-corrected chi connectivity index (χ4v) is 4.31. The van der Waals surface area contributed by atoms with Gasteiger partial charge in [-0.05, 0) is 32.4 Å². The summed E-state index contributed by atoms with van der Waals surface area (Å²) in [7, 11) is 0. The smallest absolute Gasteiger partial charge is 0.308 e. The van der Waals surface area contributed by atoms with Crippen LogP contribution in [0.1, 0.15) is 45.7 Å². The quantitative estimate of drug-likeness (QED) is 0.774. The largest absolute Gasteiger partial charge is 0.464 e. The highest BCUT2D eigenvalue weighted by atomic mass is 16.8. The molecule has 2 N–H and O–H groups in total. The zero-order valence-corrected chi connectivity index (χ0v) is 17.0. The van der Waals surface area contributed by atoms with Gasteiger partial charge in [0.1, 0.15) is 30.0 Å². The van der Waals surface area contributed by atoms with Crippen LogP contribution in [0.15, 0.2) is 18.5 Å². The monoisotopic (exact) mass is 399 g/mol. The van der Waals surface area contributed by atoms with E-state index in [0.29, 0.717) is 17.8 Å². The molecule has 154 valence electrons. The van der Waals surface area contributed by atoms with Gasteiger partial charge in [0.25, 0.3) is 0 Å². The molecule has 1 saturated heterocycles. The number of nitrogens with zero attached hydrogens (tertiary/aromatic N) is 4. The van der Waals surface area contributed by atoms with Crippen molar-refractivity contribution in [2.45, 2.75) is 58.0 Å². The number of fused-ring (bicyclic) bond motifs is 2. The molecule has 1 saturated carbocycles. The first-order valence-corrected chi connectivity index (χ1v) is 9.69. The van der Waals surface area contributed by atoms with Crippen LogP contribution in [0.4, 0.5) is 5.82 Å². The summed E-state index contributed by atoms with van der Waals surface area (Å²) in [5.41, 5.74) is 6.50. The molecule has 3 heterocycles. The Hall–Kier alpha value is -2.70. The van der Waals surface area contributed by atoms with Crippen molar-refractivity contribution in [3.63, 3.8) is 0 Å². The molecule has 0 aromatic carbocycles. The molecule has 2 aromatic rings. The lowest BCUT2D eigenvalue weighted by Crippen LogP contribution is -2.39. The second-order valence-corrected chi connectivity index (χ2v) is 8.56. The number of hydrogen-bond acceptors (Lipinski definition) is 8. The van der Waals surface area contributed by atoms with Crippen LogP contribution in [0.25, 0.3) is 5.52 Å². The second-order valence-electron chi connectivity index (χ2n) is 8.56. The minimum absolute atomic E-state index is 0.0436. The Labute approximate surface area is 168 Å². The first kappa shape index (κ1) is 19.6. The van der Waals surface area contributed by atoms with Crippen LogP contribution in [0.3, 0.4) is 0 Å². The number of ether oxygens (including phenoxy) is 3. The summed E-state index contributed by atoms with van der Waals surface area (Å²) in [4.78, 5) is 16.1. The predicted octanol–water partition coefficient (Wildman–Crippen LogP) is 2.03. The van der Waals surface area contributed by atoms with Gasteiger partial charge in [0.05, 0.1) is 18.1 Å². The third-order valence-corrected chi connectivity index (χ3v) is 5.71. The van der Waals surface area contributed by atoms with Crippen LogP contribution in [0.2, 0.25) is 0 Å². The van der Waals surface area contributed by atoms with E-state index in [1.165, 1.54) is 6.33 Å². The van der Waals surface area contributed by atoms with Crippen LogP contribution in [-0.4, -0.2) is 45.2 Å². The summed E-state index contributed by atoms with van der Waals surface area (Å²) < 4.78 is 19.5. The van der Waals surface area contributed by atoms with Gasteiger partial charge in [-0.3, -0.25) is 4.79 Å². The lowest BCUT2D eigenvalue weighted by Gasteiger charge is -2.28. The molecule has 0 amide bonds. The Morgan fingerprint density at radius 1 is 1.45 bits per heavy atom. The van der Waals surface area contributed by atoms with Crippen molar-refractivity contribution in [2.24, 2.45) is 11.3 Å². The Kier molecular flexibility index (Phi) is 4.52. The second kappa shape index (κ2) is 6.68. The van der Waals surface area contributed by atoms with E-state index in [2.05, 4.69) is 16.2 Å². The number of carbonyl (C=O) groups excluding carboxylic acids is 1. The normalized spacial score (nSPS) is 30.4. The van der Waals surface area contributed by atoms with Gasteiger partial charge in [-0.15, -0.1) is 0 Å². The van der Waals surface area contributed by atoms with E-state index in [-0.39, 0.29) is 30.5 Å². The average Bonchev–Trinajstić information content (AvgIpc) is 3.31. The Bertz CT molecular complexity index is 994. The summed E-state index contributed by atoms with van der Waals surface area (Å²) in [6, 6.07) is 6.16. The standard InChI is InChI=1S/C20H25N5O4/c1-11(2)18(26)27-9-20(8-21)7-12(15-16(20)29-19(3,4)28-15)13-5-6-14-17(22)23-10-24-25(13)14/h5-6,10-12,15-16H,7,9H2,1-4H3,(H2,22,23,24)/t12-,15-,16-,20-/m0/s1. The summed E-state index contributed by atoms with van der Waals surface area (Å²) >= 11 is 0. The highest BCUT2D eigenvalue weighted by Crippen LogP contribution is 2.55. The fourth-order valence-electron chi connectivity index (χ4n) is 4.31. The minimum Gasteiger partial charge on any atom is -0.464 e. The lowest BCUT2D eigenvalue weighted by molar-refractivity contribution is -0.170. The summed E-state index contributed by atoms with van der Waals surface area (Å²) in [6.45, 7) is 7.12. The Balaban J connectivity index is 1.73. The zero-order chi connectivity index (χ0) is 21.0. The molecular weight excluding hydrogens is 374 g/mol. The Morgan fingerprint density at radius 2 is 2.21 bits per heavy atom. The van der Waals surface area contributed by atoms with Crippen LogP contribution in [0, 0.1) is 22.7 Å². The van der Waals surface area contributed by atoms with Crippen LogP contribution in [-0.2, 0) is 19.0 Å². The van der Waals surface area contributed by atoms with E-state index in [9.17, 15) is 10.1 Å². The van der Waals surface area contributed by atoms with Gasteiger partial charge in [-0.25, -0.2) is 9.50 Å². The molecule has 0 unspecified atom stereocenters. The number of hydrogen-bond donors (Lipinski definition) is 1. The number of anilines is 1. The minimum atomic E-state index is -1.02. The maximum absolute atomic E-state index is 12.1. The molecule has 2 aromatic heterocycles. The molecule has 4 atom stereocenters. The molecule has 9 nitrogen and oxygen atoms in total. The van der Waals surface area contributed by atoms with Crippen LogP contribution < -0.4 is 5.73 Å². The van der Waals surface area contributed by atoms with E-state index in [1.807, 2.05) is 26.0 Å². The van der Waals surface area contributed by atoms with Gasteiger partial charge in [-0.2, -0.15) is 10.4 Å². The molecule has 1 aliphatic heterocycles. The molecule has 0 radical (unpaired) electrons. The number of rotatable bonds is 4. The van der Waals surface area contributed by atoms with E-state index < -0.39 is 17.3 Å². The third kappa shape index (κ3) is 3.12. The van der Waals surface area contributed by atoms with Crippen molar-refractivity contribution in [1.29, 1.82) is 5.26 Å². The molecule has 0 spiro atoms. The predicted molar refractivity (Wildman–Crippen MR) is 102 cm³/mol. The van der Waals surface area contributed by atoms with Gasteiger partial charge in [-0.1, -0.05) is 13.8 Å². The van der Waals surface area contributed by atoms with Crippen molar-refractivity contribution in [2.75, 3.05) is 12.3 Å². The van der Waals surface area contributed by atoms with E-state index in [0.717, 1.165) is 5.69 Å². The molecule has 9 heteroatoms. The average molecular weight is 399 g/mol. The summed E-state index contributed by atoms with van der Waals surface area (Å²) in [5.74, 6) is -1.27. The van der Waals surface area contributed by atoms with Crippen molar-refractivity contribution >= 4 is 17.3 Å². The van der Waals surface area contributed by atoms with E-state index in [1.54, 1.807) is 18.4 Å². The third-order valence-electron chi connectivity index (χ3n) is 5.71. The van der Waals surface area contributed by atoms with Gasteiger partial charge in [0, 0.05) is 11.6 Å². The SMILES string of the molecule is CC(C)C(=O)OC[C@@]1(C#N)C[C@@H](c2ccc3c(N)ncnn23)[C@@H]2OC(C)(C)O[C@@H]21. The number of carbonyl (C=O) groups is 1. The van der Waals surface area contributed by atoms with Crippen LogP contribution in [0.5, 0.6) is 0 Å². The molecule has 1 aliphatic carbocycles. The first-order chi connectivity index (χ1) is 13.7. The molecule has 2 fully saturated rings. The van der Waals surface area contributed by atoms with Crippen molar-refractivity contribution in [3.05, 3.63) is 24.2 Å². The molecule has 2 aliphatic rings. The maximum Gasteiger partial charge on any atom is 0.308 e. The zero-order valence-electron chi connectivity index (χ0n) is 17.0. The molecule has 29 heavy (non-hydrogen) atoms. The number of aromatic nitrogens is 3. The van der Waals surface area contributed by atoms with Gasteiger partial charge in [0.15, 0.2) is 11.6 Å². The topological polar surface area (TPSA) is 125 Å². The van der Waals surface area contributed by atoms with Gasteiger partial charge < -0.3 is 19.9 Å². The number of nitrogens with two attached hydrogens (primary N) is 1. The van der Waals surface area contributed by atoms with Gasteiger partial charge >= 0.3 is 5.97 Å². The molecule has 4 rings (SSSR count). The van der Waals surface area contributed by atoms with Crippen LogP contribution >= 0.6 is 0 Å². The molecule has 0 bridgehead atoms. The fraction of sp³-hybridized carbons (Fsp3) is 0.600. The van der Waals surface area contributed by atoms with E-state index in [4.69, 9.17) is 19.9 Å². The van der Waals surface area contributed by atoms with Crippen molar-refractivity contribution in [3.8, 4) is 6.07 Å². The Morgan fingerprint density at radius 3 is 2.90 bits per heavy atom. The van der Waals surface area contributed by atoms with Crippen molar-refractivity contribution in [1.82, 2.24) is 14.6 Å². The summed E-state index contributed by atoms with van der Waals surface area (Å²) in [6.07, 6.45) is 0.904. The molecular formula is C20H25N5O4. The summed E-state index contributed by atoms with van der Waals surface area (Å²) in [5, 5.41) is 14.5. The maximum atomic E-state index is 12.1. The lowest BCUT2D eigenvalue weighted by atomic mass is 9.85. The van der Waals surface area contributed by atoms with Gasteiger partial charge in [0.2, 0.25) is 0 Å².